The van der Waals surface area contributed by atoms with Crippen LogP contribution in [-0.4, -0.2) is 21.8 Å². The number of aliphatic hydroxyl groups is 1. The summed E-state index contributed by atoms with van der Waals surface area (Å²) in [5.74, 6) is 0.198. The lowest BCUT2D eigenvalue weighted by Gasteiger charge is -2.21. The topological polar surface area (TPSA) is 79.3 Å². The Bertz CT molecular complexity index is 1350. The lowest BCUT2D eigenvalue weighted by Crippen LogP contribution is -2.18. The number of ketones is 1. The molecule has 0 spiro atoms. The van der Waals surface area contributed by atoms with Crippen LogP contribution in [0.1, 0.15) is 64.8 Å². The van der Waals surface area contributed by atoms with Crippen molar-refractivity contribution in [2.45, 2.75) is 46.1 Å². The van der Waals surface area contributed by atoms with E-state index in [1.807, 2.05) is 56.3 Å². The molecule has 2 heterocycles. The molecule has 0 fully saturated rings. The number of pyridine rings is 1. The first kappa shape index (κ1) is 22.1. The van der Waals surface area contributed by atoms with Crippen molar-refractivity contribution in [1.82, 2.24) is 4.98 Å². The van der Waals surface area contributed by atoms with Gasteiger partial charge in [-0.25, -0.2) is 4.98 Å². The fourth-order valence-electron chi connectivity index (χ4n) is 3.96. The molecule has 0 aliphatic heterocycles. The standard InChI is InChI=1S/C26H26N2O3S/c1-5-9-21(29)18-12-8-11-16-15(2)23(32-24(16)18)25(30)28-22-14-19(26(3,4)31)17-10-6-7-13-20(17)27-22/h6-8,10-14,31H,5,9H2,1-4H3,(H,27,28,30). The minimum absolute atomic E-state index is 0.0947. The number of hydrogen-bond acceptors (Lipinski definition) is 5. The summed E-state index contributed by atoms with van der Waals surface area (Å²) in [5, 5.41) is 15.3. The molecule has 2 N–H and O–H groups in total. The van der Waals surface area contributed by atoms with Crippen LogP contribution in [-0.2, 0) is 5.60 Å². The SMILES string of the molecule is CCCC(=O)c1cccc2c(C)c(C(=O)Nc3cc(C(C)(C)O)c4ccccc4n3)sc12. The molecule has 0 saturated carbocycles. The third-order valence-electron chi connectivity index (χ3n) is 5.56. The second-order valence-corrected chi connectivity index (χ2v) is 9.52. The van der Waals surface area contributed by atoms with Crippen molar-refractivity contribution in [3.63, 3.8) is 0 Å². The predicted octanol–water partition coefficient (Wildman–Crippen LogP) is 6.22. The molecular weight excluding hydrogens is 420 g/mol. The lowest BCUT2D eigenvalue weighted by atomic mass is 9.94. The van der Waals surface area contributed by atoms with E-state index < -0.39 is 5.60 Å². The van der Waals surface area contributed by atoms with E-state index in [9.17, 15) is 14.7 Å². The van der Waals surface area contributed by atoms with Crippen LogP contribution in [0.3, 0.4) is 0 Å². The molecule has 0 aliphatic carbocycles. The van der Waals surface area contributed by atoms with E-state index in [-0.39, 0.29) is 11.7 Å². The van der Waals surface area contributed by atoms with Gasteiger partial charge in [0.05, 0.1) is 16.0 Å². The molecule has 0 unspecified atom stereocenters. The van der Waals surface area contributed by atoms with E-state index in [4.69, 9.17) is 0 Å². The van der Waals surface area contributed by atoms with Gasteiger partial charge in [0.25, 0.3) is 5.91 Å². The zero-order valence-electron chi connectivity index (χ0n) is 18.7. The van der Waals surface area contributed by atoms with Crippen molar-refractivity contribution in [3.05, 3.63) is 70.1 Å². The van der Waals surface area contributed by atoms with E-state index in [2.05, 4.69) is 10.3 Å². The van der Waals surface area contributed by atoms with Crippen molar-refractivity contribution in [3.8, 4) is 0 Å². The number of benzene rings is 2. The summed E-state index contributed by atoms with van der Waals surface area (Å²) in [6, 6.07) is 14.9. The summed E-state index contributed by atoms with van der Waals surface area (Å²) in [6.45, 7) is 7.31. The third-order valence-corrected chi connectivity index (χ3v) is 6.90. The Morgan fingerprint density at radius 2 is 1.81 bits per heavy atom. The van der Waals surface area contributed by atoms with E-state index in [1.54, 1.807) is 19.9 Å². The first-order valence-corrected chi connectivity index (χ1v) is 11.5. The van der Waals surface area contributed by atoms with Gasteiger partial charge in [-0.3, -0.25) is 9.59 Å². The Labute approximate surface area is 191 Å². The number of thiophene rings is 1. The number of aromatic nitrogens is 1. The Kier molecular flexibility index (Phi) is 5.84. The average molecular weight is 447 g/mol. The molecule has 5 nitrogen and oxygen atoms in total. The second-order valence-electron chi connectivity index (χ2n) is 8.50. The molecule has 0 aliphatic rings. The average Bonchev–Trinajstić information content (AvgIpc) is 3.09. The number of amides is 1. The van der Waals surface area contributed by atoms with Crippen LogP contribution in [0.25, 0.3) is 21.0 Å². The maximum absolute atomic E-state index is 13.2. The van der Waals surface area contributed by atoms with Gasteiger partial charge in [-0.15, -0.1) is 11.3 Å². The van der Waals surface area contributed by atoms with Crippen LogP contribution < -0.4 is 5.32 Å². The molecule has 164 valence electrons. The number of Topliss-reactive ketones (excluding diaryl/α,β-unsaturated/α-hetero) is 1. The smallest absolute Gasteiger partial charge is 0.267 e. The first-order chi connectivity index (χ1) is 15.2. The van der Waals surface area contributed by atoms with Crippen LogP contribution in [0.15, 0.2) is 48.5 Å². The fraction of sp³-hybridized carbons (Fsp3) is 0.269. The van der Waals surface area contributed by atoms with Crippen LogP contribution in [0.4, 0.5) is 5.82 Å². The normalized spacial score (nSPS) is 11.8. The monoisotopic (exact) mass is 446 g/mol. The second kappa shape index (κ2) is 8.45. The molecule has 0 bridgehead atoms. The summed E-state index contributed by atoms with van der Waals surface area (Å²) in [6.07, 6.45) is 1.27. The molecule has 2 aromatic carbocycles. The number of nitrogens with one attached hydrogen (secondary N) is 1. The Hall–Kier alpha value is -3.09. The number of rotatable bonds is 6. The van der Waals surface area contributed by atoms with Gasteiger partial charge >= 0.3 is 0 Å². The van der Waals surface area contributed by atoms with E-state index >= 15 is 0 Å². The molecule has 1 amide bonds. The van der Waals surface area contributed by atoms with Gasteiger partial charge in [-0.1, -0.05) is 37.3 Å². The number of aryl methyl sites for hydroxylation is 1. The van der Waals surface area contributed by atoms with Gasteiger partial charge in [0.15, 0.2) is 5.78 Å². The molecule has 0 radical (unpaired) electrons. The number of para-hydroxylation sites is 1. The van der Waals surface area contributed by atoms with Gasteiger partial charge in [0.2, 0.25) is 0 Å². The summed E-state index contributed by atoms with van der Waals surface area (Å²) >= 11 is 1.34. The van der Waals surface area contributed by atoms with Crippen LogP contribution in [0.5, 0.6) is 0 Å². The summed E-state index contributed by atoms with van der Waals surface area (Å²) in [4.78, 5) is 30.9. The maximum atomic E-state index is 13.2. The Balaban J connectivity index is 1.75. The third kappa shape index (κ3) is 4.04. The molecular formula is C26H26N2O3S. The van der Waals surface area contributed by atoms with Gasteiger partial charge < -0.3 is 10.4 Å². The Morgan fingerprint density at radius 3 is 2.53 bits per heavy atom. The fourth-order valence-corrected chi connectivity index (χ4v) is 5.19. The number of anilines is 1. The van der Waals surface area contributed by atoms with Crippen molar-refractivity contribution < 1.29 is 14.7 Å². The zero-order chi connectivity index (χ0) is 23.0. The van der Waals surface area contributed by atoms with Crippen molar-refractivity contribution >= 4 is 49.8 Å². The highest BCUT2D eigenvalue weighted by Gasteiger charge is 2.23. The van der Waals surface area contributed by atoms with Gasteiger partial charge in [-0.2, -0.15) is 0 Å². The maximum Gasteiger partial charge on any atom is 0.267 e. The van der Waals surface area contributed by atoms with E-state index in [0.717, 1.165) is 27.5 Å². The molecule has 4 aromatic rings. The molecule has 4 rings (SSSR count). The summed E-state index contributed by atoms with van der Waals surface area (Å²) in [5.41, 5.74) is 1.81. The van der Waals surface area contributed by atoms with E-state index in [0.29, 0.717) is 33.8 Å². The molecule has 32 heavy (non-hydrogen) atoms. The van der Waals surface area contributed by atoms with Crippen molar-refractivity contribution in [2.24, 2.45) is 0 Å². The summed E-state index contributed by atoms with van der Waals surface area (Å²) in [7, 11) is 0. The number of hydrogen-bond donors (Lipinski definition) is 2. The van der Waals surface area contributed by atoms with E-state index in [1.165, 1.54) is 11.3 Å². The Morgan fingerprint density at radius 1 is 1.09 bits per heavy atom. The predicted molar refractivity (Wildman–Crippen MR) is 131 cm³/mol. The van der Waals surface area contributed by atoms with Crippen molar-refractivity contribution in [1.29, 1.82) is 0 Å². The largest absolute Gasteiger partial charge is 0.386 e. The van der Waals surface area contributed by atoms with Crippen molar-refractivity contribution in [2.75, 3.05) is 5.32 Å². The van der Waals surface area contributed by atoms with Crippen LogP contribution >= 0.6 is 11.3 Å². The summed E-state index contributed by atoms with van der Waals surface area (Å²) < 4.78 is 0.845. The number of fused-ring (bicyclic) bond motifs is 2. The minimum atomic E-state index is -1.09. The van der Waals surface area contributed by atoms with Crippen LogP contribution in [0, 0.1) is 6.92 Å². The molecule has 0 atom stereocenters. The van der Waals surface area contributed by atoms with Gasteiger partial charge in [0, 0.05) is 22.1 Å². The minimum Gasteiger partial charge on any atom is -0.386 e. The zero-order valence-corrected chi connectivity index (χ0v) is 19.5. The number of carbonyl (C=O) groups excluding carboxylic acids is 2. The molecule has 0 saturated heterocycles. The van der Waals surface area contributed by atoms with Gasteiger partial charge in [-0.05, 0) is 61.9 Å². The highest BCUT2D eigenvalue weighted by Crippen LogP contribution is 2.35. The lowest BCUT2D eigenvalue weighted by molar-refractivity contribution is 0.0801. The number of nitrogens with zero attached hydrogens (tertiary/aromatic N) is 1. The van der Waals surface area contributed by atoms with Gasteiger partial charge in [0.1, 0.15) is 5.82 Å². The molecule has 2 aromatic heterocycles. The van der Waals surface area contributed by atoms with Crippen LogP contribution in [0.2, 0.25) is 0 Å². The molecule has 6 heteroatoms. The number of carbonyl (C=O) groups is 2. The highest BCUT2D eigenvalue weighted by molar-refractivity contribution is 7.21. The quantitative estimate of drug-likeness (QED) is 0.345. The highest BCUT2D eigenvalue weighted by atomic mass is 32.1. The first-order valence-electron chi connectivity index (χ1n) is 10.7.